The highest BCUT2D eigenvalue weighted by atomic mass is 16.6. The highest BCUT2D eigenvalue weighted by Gasteiger charge is 2.15. The van der Waals surface area contributed by atoms with Crippen LogP contribution < -0.4 is 19.7 Å². The number of para-hydroxylation sites is 1. The molecule has 2 aromatic rings. The van der Waals surface area contributed by atoms with Crippen molar-refractivity contribution in [2.45, 2.75) is 26.2 Å². The molecule has 1 aliphatic heterocycles. The van der Waals surface area contributed by atoms with Gasteiger partial charge in [-0.15, -0.1) is 0 Å². The van der Waals surface area contributed by atoms with E-state index >= 15 is 0 Å². The van der Waals surface area contributed by atoms with Gasteiger partial charge in [0, 0.05) is 43.7 Å². The largest absolute Gasteiger partial charge is 0.486 e. The Bertz CT molecular complexity index is 823. The number of carbonyl (C=O) groups excluding carboxylic acids is 2. The van der Waals surface area contributed by atoms with Crippen LogP contribution in [-0.2, 0) is 4.79 Å². The smallest absolute Gasteiger partial charge is 0.220 e. The SMILES string of the molecule is CCN(CCCNC(=O)CCC(=O)c1ccc2c(c1)OCCO2)c1ccccc1. The van der Waals surface area contributed by atoms with E-state index in [0.29, 0.717) is 36.8 Å². The fraction of sp³-hybridized carbons (Fsp3) is 0.391. The molecule has 154 valence electrons. The van der Waals surface area contributed by atoms with E-state index in [9.17, 15) is 9.59 Å². The zero-order chi connectivity index (χ0) is 20.5. The van der Waals surface area contributed by atoms with Crippen molar-refractivity contribution in [3.63, 3.8) is 0 Å². The number of amides is 1. The van der Waals surface area contributed by atoms with Crippen molar-refractivity contribution in [1.82, 2.24) is 5.32 Å². The summed E-state index contributed by atoms with van der Waals surface area (Å²) in [4.78, 5) is 26.7. The molecule has 0 unspecified atom stereocenters. The molecule has 29 heavy (non-hydrogen) atoms. The van der Waals surface area contributed by atoms with Gasteiger partial charge in [0.2, 0.25) is 5.91 Å². The Morgan fingerprint density at radius 2 is 1.76 bits per heavy atom. The van der Waals surface area contributed by atoms with E-state index in [1.165, 1.54) is 5.69 Å². The lowest BCUT2D eigenvalue weighted by molar-refractivity contribution is -0.121. The first-order chi connectivity index (χ1) is 14.2. The van der Waals surface area contributed by atoms with E-state index in [-0.39, 0.29) is 24.5 Å². The molecule has 0 saturated heterocycles. The lowest BCUT2D eigenvalue weighted by Gasteiger charge is -2.23. The third-order valence-electron chi connectivity index (χ3n) is 4.87. The summed E-state index contributed by atoms with van der Waals surface area (Å²) in [5.41, 5.74) is 1.73. The Morgan fingerprint density at radius 3 is 2.52 bits per heavy atom. The molecule has 0 bridgehead atoms. The van der Waals surface area contributed by atoms with Gasteiger partial charge in [-0.2, -0.15) is 0 Å². The molecule has 0 radical (unpaired) electrons. The Kier molecular flexibility index (Phi) is 7.50. The molecular weight excluding hydrogens is 368 g/mol. The maximum Gasteiger partial charge on any atom is 0.220 e. The van der Waals surface area contributed by atoms with Crippen LogP contribution in [0, 0.1) is 0 Å². The van der Waals surface area contributed by atoms with Crippen LogP contribution in [0.5, 0.6) is 11.5 Å². The molecule has 0 atom stereocenters. The first-order valence-electron chi connectivity index (χ1n) is 10.2. The molecule has 0 saturated carbocycles. The number of benzene rings is 2. The van der Waals surface area contributed by atoms with Gasteiger partial charge in [0.15, 0.2) is 17.3 Å². The monoisotopic (exact) mass is 396 g/mol. The summed E-state index contributed by atoms with van der Waals surface area (Å²) in [6.07, 6.45) is 1.21. The molecule has 1 amide bonds. The van der Waals surface area contributed by atoms with Crippen LogP contribution >= 0.6 is 0 Å². The Morgan fingerprint density at radius 1 is 1.00 bits per heavy atom. The van der Waals surface area contributed by atoms with Gasteiger partial charge in [0.25, 0.3) is 0 Å². The number of hydrogen-bond donors (Lipinski definition) is 1. The van der Waals surface area contributed by atoms with Crippen molar-refractivity contribution >= 4 is 17.4 Å². The summed E-state index contributed by atoms with van der Waals surface area (Å²) < 4.78 is 11.0. The fourth-order valence-corrected chi connectivity index (χ4v) is 3.28. The highest BCUT2D eigenvalue weighted by molar-refractivity contribution is 5.98. The van der Waals surface area contributed by atoms with Gasteiger partial charge < -0.3 is 19.7 Å². The van der Waals surface area contributed by atoms with Crippen LogP contribution in [0.2, 0.25) is 0 Å². The number of ketones is 1. The van der Waals surface area contributed by atoms with E-state index in [1.807, 2.05) is 18.2 Å². The average molecular weight is 396 g/mol. The second-order valence-electron chi connectivity index (χ2n) is 6.90. The molecule has 1 aliphatic rings. The zero-order valence-electron chi connectivity index (χ0n) is 16.9. The number of carbonyl (C=O) groups is 2. The summed E-state index contributed by atoms with van der Waals surface area (Å²) in [5.74, 6) is 1.07. The van der Waals surface area contributed by atoms with Gasteiger partial charge in [-0.05, 0) is 43.7 Å². The lowest BCUT2D eigenvalue weighted by Crippen LogP contribution is -2.30. The molecule has 1 heterocycles. The standard InChI is InChI=1S/C23H28N2O4/c1-2-25(19-7-4-3-5-8-19)14-6-13-24-23(27)12-10-20(26)18-9-11-21-22(17-18)29-16-15-28-21/h3-5,7-9,11,17H,2,6,10,12-16H2,1H3,(H,24,27). The van der Waals surface area contributed by atoms with Crippen molar-refractivity contribution in [2.24, 2.45) is 0 Å². The molecule has 6 heteroatoms. The predicted molar refractivity (Wildman–Crippen MR) is 113 cm³/mol. The molecular formula is C23H28N2O4. The van der Waals surface area contributed by atoms with E-state index in [0.717, 1.165) is 19.5 Å². The lowest BCUT2D eigenvalue weighted by atomic mass is 10.1. The molecule has 6 nitrogen and oxygen atoms in total. The first kappa shape index (κ1) is 20.7. The van der Waals surface area contributed by atoms with Crippen molar-refractivity contribution in [1.29, 1.82) is 0 Å². The molecule has 1 N–H and O–H groups in total. The number of rotatable bonds is 10. The minimum absolute atomic E-state index is 0.0710. The predicted octanol–water partition coefficient (Wildman–Crippen LogP) is 3.45. The average Bonchev–Trinajstić information content (AvgIpc) is 2.77. The summed E-state index contributed by atoms with van der Waals surface area (Å²) in [7, 11) is 0. The van der Waals surface area contributed by atoms with Crippen molar-refractivity contribution in [3.05, 3.63) is 54.1 Å². The number of Topliss-reactive ketones (excluding diaryl/α,β-unsaturated/α-hetero) is 1. The van der Waals surface area contributed by atoms with Crippen LogP contribution in [0.15, 0.2) is 48.5 Å². The minimum atomic E-state index is -0.0985. The molecule has 0 spiro atoms. The number of nitrogens with one attached hydrogen (secondary N) is 1. The van der Waals surface area contributed by atoms with Gasteiger partial charge in [0.05, 0.1) is 0 Å². The molecule has 3 rings (SSSR count). The van der Waals surface area contributed by atoms with Crippen LogP contribution in [0.1, 0.15) is 36.5 Å². The van der Waals surface area contributed by atoms with Crippen molar-refractivity contribution < 1.29 is 19.1 Å². The fourth-order valence-electron chi connectivity index (χ4n) is 3.28. The number of anilines is 1. The summed E-state index contributed by atoms with van der Waals surface area (Å²) in [6, 6.07) is 15.4. The number of nitrogens with zero attached hydrogens (tertiary/aromatic N) is 1. The van der Waals surface area contributed by atoms with Crippen molar-refractivity contribution in [2.75, 3.05) is 37.7 Å². The van der Waals surface area contributed by atoms with E-state index < -0.39 is 0 Å². The first-order valence-corrected chi connectivity index (χ1v) is 10.2. The van der Waals surface area contributed by atoms with Crippen LogP contribution in [-0.4, -0.2) is 44.5 Å². The van der Waals surface area contributed by atoms with Gasteiger partial charge in [0.1, 0.15) is 13.2 Å². The second kappa shape index (κ2) is 10.5. The number of hydrogen-bond acceptors (Lipinski definition) is 5. The van der Waals surface area contributed by atoms with E-state index in [4.69, 9.17) is 9.47 Å². The normalized spacial score (nSPS) is 12.3. The topological polar surface area (TPSA) is 67.9 Å². The van der Waals surface area contributed by atoms with Crippen molar-refractivity contribution in [3.8, 4) is 11.5 Å². The molecule has 0 fully saturated rings. The van der Waals surface area contributed by atoms with E-state index in [2.05, 4.69) is 29.3 Å². The third kappa shape index (κ3) is 5.98. The quantitative estimate of drug-likeness (QED) is 0.492. The second-order valence-corrected chi connectivity index (χ2v) is 6.90. The maximum absolute atomic E-state index is 12.4. The van der Waals surface area contributed by atoms with Gasteiger partial charge >= 0.3 is 0 Å². The van der Waals surface area contributed by atoms with Gasteiger partial charge in [-0.25, -0.2) is 0 Å². The van der Waals surface area contributed by atoms with E-state index in [1.54, 1.807) is 18.2 Å². The molecule has 2 aromatic carbocycles. The summed E-state index contributed by atoms with van der Waals surface area (Å²) in [6.45, 7) is 5.50. The van der Waals surface area contributed by atoms with Gasteiger partial charge in [-0.1, -0.05) is 18.2 Å². The van der Waals surface area contributed by atoms with Crippen LogP contribution in [0.4, 0.5) is 5.69 Å². The zero-order valence-corrected chi connectivity index (χ0v) is 16.9. The third-order valence-corrected chi connectivity index (χ3v) is 4.87. The minimum Gasteiger partial charge on any atom is -0.486 e. The Labute approximate surface area is 171 Å². The Hall–Kier alpha value is -3.02. The highest BCUT2D eigenvalue weighted by Crippen LogP contribution is 2.31. The summed E-state index contributed by atoms with van der Waals surface area (Å²) >= 11 is 0. The van der Waals surface area contributed by atoms with Gasteiger partial charge in [-0.3, -0.25) is 9.59 Å². The Balaban J connectivity index is 1.37. The van der Waals surface area contributed by atoms with Crippen LogP contribution in [0.25, 0.3) is 0 Å². The summed E-state index contributed by atoms with van der Waals surface area (Å²) in [5, 5.41) is 2.91. The maximum atomic E-state index is 12.4. The number of fused-ring (bicyclic) bond motifs is 1. The molecule has 0 aliphatic carbocycles. The number of ether oxygens (including phenoxy) is 2. The molecule has 0 aromatic heterocycles. The van der Waals surface area contributed by atoms with Crippen LogP contribution in [0.3, 0.4) is 0 Å².